The lowest BCUT2D eigenvalue weighted by Crippen LogP contribution is -2.53. The molecule has 0 bridgehead atoms. The Bertz CT molecular complexity index is 620. The molecule has 0 spiro atoms. The standard InChI is InChI=1S/C19H27N5O/c1-15(2)22-9-11-24(12-10-22)19(25)17-5-7-23(8-6-17)18-4-3-16(13-20)14-21-18/h3-4,14-15,17H,5-12H2,1-2H3. The number of piperazine rings is 1. The Morgan fingerprint density at radius 2 is 1.84 bits per heavy atom. The summed E-state index contributed by atoms with van der Waals surface area (Å²) in [5.74, 6) is 1.37. The summed E-state index contributed by atoms with van der Waals surface area (Å²) in [5.41, 5.74) is 0.578. The van der Waals surface area contributed by atoms with Crippen molar-refractivity contribution in [1.82, 2.24) is 14.8 Å². The number of amides is 1. The van der Waals surface area contributed by atoms with Crippen molar-refractivity contribution in [2.75, 3.05) is 44.2 Å². The summed E-state index contributed by atoms with van der Waals surface area (Å²) in [4.78, 5) is 23.9. The van der Waals surface area contributed by atoms with Gasteiger partial charge in [0.1, 0.15) is 11.9 Å². The van der Waals surface area contributed by atoms with E-state index in [-0.39, 0.29) is 5.92 Å². The largest absolute Gasteiger partial charge is 0.357 e. The molecular weight excluding hydrogens is 314 g/mol. The quantitative estimate of drug-likeness (QED) is 0.838. The number of piperidine rings is 1. The van der Waals surface area contributed by atoms with Gasteiger partial charge in [0.2, 0.25) is 5.91 Å². The van der Waals surface area contributed by atoms with Gasteiger partial charge in [-0.2, -0.15) is 5.26 Å². The molecular formula is C19H27N5O. The summed E-state index contributed by atoms with van der Waals surface area (Å²) in [6, 6.07) is 6.34. The second-order valence-corrected chi connectivity index (χ2v) is 7.23. The first kappa shape index (κ1) is 17.7. The SMILES string of the molecule is CC(C)N1CCN(C(=O)C2CCN(c3ccc(C#N)cn3)CC2)CC1. The smallest absolute Gasteiger partial charge is 0.225 e. The first-order valence-electron chi connectivity index (χ1n) is 9.22. The highest BCUT2D eigenvalue weighted by Crippen LogP contribution is 2.24. The Hall–Kier alpha value is -2.13. The predicted octanol–water partition coefficient (Wildman–Crippen LogP) is 1.72. The van der Waals surface area contributed by atoms with Crippen LogP contribution in [0.3, 0.4) is 0 Å². The Balaban J connectivity index is 1.50. The van der Waals surface area contributed by atoms with Crippen LogP contribution in [-0.4, -0.2) is 66.0 Å². The molecule has 6 heteroatoms. The molecule has 1 aromatic rings. The van der Waals surface area contributed by atoms with Gasteiger partial charge < -0.3 is 9.80 Å². The molecule has 25 heavy (non-hydrogen) atoms. The van der Waals surface area contributed by atoms with Crippen LogP contribution in [0.15, 0.2) is 18.3 Å². The van der Waals surface area contributed by atoms with Crippen LogP contribution in [0.4, 0.5) is 5.82 Å². The maximum absolute atomic E-state index is 12.8. The Morgan fingerprint density at radius 1 is 1.16 bits per heavy atom. The highest BCUT2D eigenvalue weighted by molar-refractivity contribution is 5.79. The van der Waals surface area contributed by atoms with Crippen LogP contribution >= 0.6 is 0 Å². The third kappa shape index (κ3) is 4.10. The number of carbonyl (C=O) groups is 1. The Kier molecular flexibility index (Phi) is 5.54. The highest BCUT2D eigenvalue weighted by Gasteiger charge is 2.31. The van der Waals surface area contributed by atoms with Crippen LogP contribution in [-0.2, 0) is 4.79 Å². The fourth-order valence-electron chi connectivity index (χ4n) is 3.71. The van der Waals surface area contributed by atoms with Crippen LogP contribution in [0, 0.1) is 17.2 Å². The monoisotopic (exact) mass is 341 g/mol. The molecule has 3 rings (SSSR count). The molecule has 1 aromatic heterocycles. The van der Waals surface area contributed by atoms with E-state index < -0.39 is 0 Å². The number of nitriles is 1. The van der Waals surface area contributed by atoms with E-state index in [1.54, 1.807) is 12.3 Å². The van der Waals surface area contributed by atoms with E-state index in [4.69, 9.17) is 5.26 Å². The molecule has 0 aromatic carbocycles. The van der Waals surface area contributed by atoms with Crippen LogP contribution in [0.5, 0.6) is 0 Å². The van der Waals surface area contributed by atoms with Gasteiger partial charge in [0, 0.05) is 57.4 Å². The van der Waals surface area contributed by atoms with Crippen LogP contribution in [0.1, 0.15) is 32.3 Å². The van der Waals surface area contributed by atoms with E-state index in [0.29, 0.717) is 17.5 Å². The molecule has 0 radical (unpaired) electrons. The fraction of sp³-hybridized carbons (Fsp3) is 0.632. The maximum Gasteiger partial charge on any atom is 0.225 e. The van der Waals surface area contributed by atoms with Gasteiger partial charge in [-0.1, -0.05) is 0 Å². The molecule has 134 valence electrons. The summed E-state index contributed by atoms with van der Waals surface area (Å²) < 4.78 is 0. The molecule has 3 heterocycles. The number of carbonyl (C=O) groups excluding carboxylic acids is 1. The maximum atomic E-state index is 12.8. The van der Waals surface area contributed by atoms with Crippen molar-refractivity contribution in [3.8, 4) is 6.07 Å². The molecule has 0 aliphatic carbocycles. The summed E-state index contributed by atoms with van der Waals surface area (Å²) in [6.07, 6.45) is 3.37. The van der Waals surface area contributed by atoms with Crippen LogP contribution < -0.4 is 4.90 Å². The molecule has 0 unspecified atom stereocenters. The molecule has 2 aliphatic heterocycles. The van der Waals surface area contributed by atoms with Gasteiger partial charge in [-0.3, -0.25) is 9.69 Å². The van der Waals surface area contributed by atoms with E-state index >= 15 is 0 Å². The first-order chi connectivity index (χ1) is 12.1. The zero-order chi connectivity index (χ0) is 17.8. The second kappa shape index (κ2) is 7.83. The molecule has 2 aliphatic rings. The van der Waals surface area contributed by atoms with Gasteiger partial charge in [0.05, 0.1) is 5.56 Å². The molecule has 2 saturated heterocycles. The lowest BCUT2D eigenvalue weighted by molar-refractivity contribution is -0.138. The third-order valence-electron chi connectivity index (χ3n) is 5.40. The predicted molar refractivity (Wildman–Crippen MR) is 97.2 cm³/mol. The molecule has 1 amide bonds. The van der Waals surface area contributed by atoms with Gasteiger partial charge in [-0.15, -0.1) is 0 Å². The van der Waals surface area contributed by atoms with Crippen molar-refractivity contribution in [2.24, 2.45) is 5.92 Å². The number of nitrogens with zero attached hydrogens (tertiary/aromatic N) is 5. The lowest BCUT2D eigenvalue weighted by atomic mass is 9.95. The molecule has 0 atom stereocenters. The molecule has 6 nitrogen and oxygen atoms in total. The van der Waals surface area contributed by atoms with Crippen molar-refractivity contribution in [1.29, 1.82) is 5.26 Å². The van der Waals surface area contributed by atoms with E-state index in [0.717, 1.165) is 57.9 Å². The van der Waals surface area contributed by atoms with Crippen LogP contribution in [0.2, 0.25) is 0 Å². The van der Waals surface area contributed by atoms with Crippen molar-refractivity contribution in [2.45, 2.75) is 32.7 Å². The Morgan fingerprint density at radius 3 is 2.36 bits per heavy atom. The zero-order valence-electron chi connectivity index (χ0n) is 15.2. The molecule has 0 saturated carbocycles. The van der Waals surface area contributed by atoms with E-state index in [1.165, 1.54) is 0 Å². The topological polar surface area (TPSA) is 63.5 Å². The Labute approximate surface area is 150 Å². The summed E-state index contributed by atoms with van der Waals surface area (Å²) in [5, 5.41) is 8.86. The van der Waals surface area contributed by atoms with E-state index in [1.807, 2.05) is 6.07 Å². The summed E-state index contributed by atoms with van der Waals surface area (Å²) in [6.45, 7) is 9.80. The minimum atomic E-state index is 0.139. The number of aromatic nitrogens is 1. The summed E-state index contributed by atoms with van der Waals surface area (Å²) in [7, 11) is 0. The zero-order valence-corrected chi connectivity index (χ0v) is 15.2. The summed E-state index contributed by atoms with van der Waals surface area (Å²) >= 11 is 0. The fourth-order valence-corrected chi connectivity index (χ4v) is 3.71. The van der Waals surface area contributed by atoms with Crippen LogP contribution in [0.25, 0.3) is 0 Å². The first-order valence-corrected chi connectivity index (χ1v) is 9.22. The lowest BCUT2D eigenvalue weighted by Gasteiger charge is -2.40. The third-order valence-corrected chi connectivity index (χ3v) is 5.40. The van der Waals surface area contributed by atoms with E-state index in [2.05, 4.69) is 39.6 Å². The van der Waals surface area contributed by atoms with Gasteiger partial charge in [-0.25, -0.2) is 4.98 Å². The highest BCUT2D eigenvalue weighted by atomic mass is 16.2. The van der Waals surface area contributed by atoms with Crippen molar-refractivity contribution in [3.63, 3.8) is 0 Å². The average Bonchev–Trinajstić information content (AvgIpc) is 2.67. The van der Waals surface area contributed by atoms with Crippen molar-refractivity contribution >= 4 is 11.7 Å². The minimum absolute atomic E-state index is 0.139. The van der Waals surface area contributed by atoms with Gasteiger partial charge in [0.25, 0.3) is 0 Å². The van der Waals surface area contributed by atoms with E-state index in [9.17, 15) is 4.79 Å². The van der Waals surface area contributed by atoms with Crippen molar-refractivity contribution < 1.29 is 4.79 Å². The number of hydrogen-bond acceptors (Lipinski definition) is 5. The number of rotatable bonds is 3. The van der Waals surface area contributed by atoms with Gasteiger partial charge >= 0.3 is 0 Å². The number of anilines is 1. The molecule has 0 N–H and O–H groups in total. The second-order valence-electron chi connectivity index (χ2n) is 7.23. The molecule has 2 fully saturated rings. The normalized spacial score (nSPS) is 19.9. The minimum Gasteiger partial charge on any atom is -0.357 e. The van der Waals surface area contributed by atoms with Crippen molar-refractivity contribution in [3.05, 3.63) is 23.9 Å². The average molecular weight is 341 g/mol. The van der Waals surface area contributed by atoms with Gasteiger partial charge in [-0.05, 0) is 38.8 Å². The number of hydrogen-bond donors (Lipinski definition) is 0. The number of pyridine rings is 1. The van der Waals surface area contributed by atoms with Gasteiger partial charge in [0.15, 0.2) is 0 Å².